The van der Waals surface area contributed by atoms with Gasteiger partial charge in [-0.1, -0.05) is 36.4 Å². The van der Waals surface area contributed by atoms with Gasteiger partial charge in [-0.15, -0.1) is 0 Å². The van der Waals surface area contributed by atoms with E-state index in [4.69, 9.17) is 0 Å². The first kappa shape index (κ1) is 17.2. The molecule has 0 aliphatic heterocycles. The van der Waals surface area contributed by atoms with E-state index in [0.29, 0.717) is 11.1 Å². The highest BCUT2D eigenvalue weighted by Crippen LogP contribution is 2.02. The number of hydrogen-bond donors (Lipinski definition) is 3. The van der Waals surface area contributed by atoms with Gasteiger partial charge in [0.1, 0.15) is 6.04 Å². The summed E-state index contributed by atoms with van der Waals surface area (Å²) in [5.74, 6) is -1.89. The molecule has 2 aromatic carbocycles. The third kappa shape index (κ3) is 4.95. The zero-order valence-corrected chi connectivity index (χ0v) is 12.9. The minimum Gasteiger partial charge on any atom is -0.480 e. The summed E-state index contributed by atoms with van der Waals surface area (Å²) in [5, 5.41) is 14.3. The molecule has 0 spiro atoms. The fourth-order valence-corrected chi connectivity index (χ4v) is 2.11. The average Bonchev–Trinajstić information content (AvgIpc) is 2.62. The number of nitrogens with one attached hydrogen (secondary N) is 2. The lowest BCUT2D eigenvalue weighted by Crippen LogP contribution is -2.43. The number of aliphatic carboxylic acids is 1. The Kier molecular flexibility index (Phi) is 6.08. The molecule has 0 heterocycles. The molecule has 3 N–H and O–H groups in total. The lowest BCUT2D eigenvalue weighted by molar-refractivity contribution is -0.139. The largest absolute Gasteiger partial charge is 0.480 e. The summed E-state index contributed by atoms with van der Waals surface area (Å²) in [6, 6.07) is 15.9. The molecular formula is C18H18N2O4. The number of carboxylic acids is 1. The number of benzene rings is 2. The van der Waals surface area contributed by atoms with Gasteiger partial charge in [0.15, 0.2) is 0 Å². The van der Waals surface area contributed by atoms with Crippen molar-refractivity contribution in [2.45, 2.75) is 12.5 Å². The second-order valence-electron chi connectivity index (χ2n) is 5.14. The smallest absolute Gasteiger partial charge is 0.326 e. The maximum Gasteiger partial charge on any atom is 0.326 e. The summed E-state index contributed by atoms with van der Waals surface area (Å²) in [6.45, 7) is 0.139. The van der Waals surface area contributed by atoms with Gasteiger partial charge >= 0.3 is 5.97 Å². The number of carbonyl (C=O) groups is 3. The van der Waals surface area contributed by atoms with E-state index in [9.17, 15) is 19.5 Å². The van der Waals surface area contributed by atoms with E-state index < -0.39 is 17.9 Å². The van der Waals surface area contributed by atoms with Crippen LogP contribution in [0.4, 0.5) is 0 Å². The summed E-state index contributed by atoms with van der Waals surface area (Å²) in [7, 11) is 0. The van der Waals surface area contributed by atoms with Crippen molar-refractivity contribution in [1.82, 2.24) is 10.6 Å². The maximum atomic E-state index is 12.0. The highest BCUT2D eigenvalue weighted by atomic mass is 16.4. The van der Waals surface area contributed by atoms with Crippen LogP contribution in [0.5, 0.6) is 0 Å². The van der Waals surface area contributed by atoms with Crippen LogP contribution < -0.4 is 10.6 Å². The summed E-state index contributed by atoms with van der Waals surface area (Å²) in [5.41, 5.74) is 0.884. The van der Waals surface area contributed by atoms with Crippen LogP contribution in [0, 0.1) is 0 Å². The van der Waals surface area contributed by atoms with E-state index in [1.165, 1.54) is 0 Å². The zero-order valence-electron chi connectivity index (χ0n) is 12.9. The van der Waals surface area contributed by atoms with E-state index in [0.717, 1.165) is 0 Å². The Labute approximate surface area is 139 Å². The second kappa shape index (κ2) is 8.47. The van der Waals surface area contributed by atoms with Crippen LogP contribution in [-0.2, 0) is 4.79 Å². The minimum absolute atomic E-state index is 0.0898. The van der Waals surface area contributed by atoms with Crippen molar-refractivity contribution in [3.05, 3.63) is 71.8 Å². The maximum absolute atomic E-state index is 12.0. The first-order valence-electron chi connectivity index (χ1n) is 7.50. The summed E-state index contributed by atoms with van der Waals surface area (Å²) in [6.07, 6.45) is 0.0898. The monoisotopic (exact) mass is 326 g/mol. The molecule has 0 saturated carbocycles. The SMILES string of the molecule is O=C(NCCC(NC(=O)c1ccccc1)C(=O)O)c1ccccc1. The van der Waals surface area contributed by atoms with Gasteiger partial charge in [0.2, 0.25) is 0 Å². The number of carbonyl (C=O) groups excluding carboxylic acids is 2. The molecule has 0 aromatic heterocycles. The van der Waals surface area contributed by atoms with Gasteiger partial charge < -0.3 is 15.7 Å². The van der Waals surface area contributed by atoms with E-state index >= 15 is 0 Å². The number of carboxylic acid groups (broad SMARTS) is 1. The molecule has 124 valence electrons. The van der Waals surface area contributed by atoms with Crippen molar-refractivity contribution >= 4 is 17.8 Å². The van der Waals surface area contributed by atoms with Crippen LogP contribution in [0.15, 0.2) is 60.7 Å². The summed E-state index contributed by atoms with van der Waals surface area (Å²) < 4.78 is 0. The predicted octanol–water partition coefficient (Wildman–Crippen LogP) is 1.69. The topological polar surface area (TPSA) is 95.5 Å². The number of amides is 2. The Morgan fingerprint density at radius 2 is 1.33 bits per heavy atom. The fraction of sp³-hybridized carbons (Fsp3) is 0.167. The molecule has 0 bridgehead atoms. The Hall–Kier alpha value is -3.15. The van der Waals surface area contributed by atoms with Gasteiger partial charge in [0, 0.05) is 17.7 Å². The third-order valence-electron chi connectivity index (χ3n) is 3.39. The molecule has 1 atom stereocenters. The molecule has 2 rings (SSSR count). The van der Waals surface area contributed by atoms with E-state index in [-0.39, 0.29) is 18.9 Å². The van der Waals surface area contributed by atoms with Crippen LogP contribution in [0.25, 0.3) is 0 Å². The zero-order chi connectivity index (χ0) is 17.4. The molecule has 0 aliphatic rings. The molecule has 2 amide bonds. The molecule has 2 aromatic rings. The molecule has 1 unspecified atom stereocenters. The van der Waals surface area contributed by atoms with Crippen LogP contribution in [0.1, 0.15) is 27.1 Å². The lowest BCUT2D eigenvalue weighted by atomic mass is 10.1. The normalized spacial score (nSPS) is 11.3. The Morgan fingerprint density at radius 1 is 0.833 bits per heavy atom. The Balaban J connectivity index is 1.87. The third-order valence-corrected chi connectivity index (χ3v) is 3.39. The molecule has 6 heteroatoms. The molecular weight excluding hydrogens is 308 g/mol. The van der Waals surface area contributed by atoms with Gasteiger partial charge in [-0.25, -0.2) is 4.79 Å². The molecule has 0 radical (unpaired) electrons. The first-order chi connectivity index (χ1) is 11.6. The van der Waals surface area contributed by atoms with Crippen molar-refractivity contribution < 1.29 is 19.5 Å². The highest BCUT2D eigenvalue weighted by molar-refractivity contribution is 5.96. The lowest BCUT2D eigenvalue weighted by Gasteiger charge is -2.15. The van der Waals surface area contributed by atoms with Gasteiger partial charge in [-0.3, -0.25) is 9.59 Å². The molecule has 0 fully saturated rings. The van der Waals surface area contributed by atoms with Crippen molar-refractivity contribution in [1.29, 1.82) is 0 Å². The standard InChI is InChI=1S/C18H18N2O4/c21-16(13-7-3-1-4-8-13)19-12-11-15(18(23)24)20-17(22)14-9-5-2-6-10-14/h1-10,15H,11-12H2,(H,19,21)(H,20,22)(H,23,24). The first-order valence-corrected chi connectivity index (χ1v) is 7.50. The quantitative estimate of drug-likeness (QED) is 0.721. The van der Waals surface area contributed by atoms with E-state index in [2.05, 4.69) is 10.6 Å². The molecule has 0 aliphatic carbocycles. The summed E-state index contributed by atoms with van der Waals surface area (Å²) in [4.78, 5) is 35.2. The Morgan fingerprint density at radius 3 is 1.83 bits per heavy atom. The highest BCUT2D eigenvalue weighted by Gasteiger charge is 2.20. The van der Waals surface area contributed by atoms with Crippen LogP contribution in [-0.4, -0.2) is 35.5 Å². The van der Waals surface area contributed by atoms with E-state index in [1.54, 1.807) is 60.7 Å². The van der Waals surface area contributed by atoms with Crippen LogP contribution in [0.3, 0.4) is 0 Å². The molecule has 0 saturated heterocycles. The predicted molar refractivity (Wildman–Crippen MR) is 88.7 cm³/mol. The average molecular weight is 326 g/mol. The summed E-state index contributed by atoms with van der Waals surface area (Å²) >= 11 is 0. The fourth-order valence-electron chi connectivity index (χ4n) is 2.11. The van der Waals surface area contributed by atoms with Crippen LogP contribution in [0.2, 0.25) is 0 Å². The minimum atomic E-state index is -1.15. The molecule has 24 heavy (non-hydrogen) atoms. The van der Waals surface area contributed by atoms with Crippen molar-refractivity contribution in [3.8, 4) is 0 Å². The second-order valence-corrected chi connectivity index (χ2v) is 5.14. The van der Waals surface area contributed by atoms with Gasteiger partial charge in [-0.2, -0.15) is 0 Å². The van der Waals surface area contributed by atoms with E-state index in [1.807, 2.05) is 0 Å². The number of hydrogen-bond acceptors (Lipinski definition) is 3. The Bertz CT molecular complexity index is 701. The van der Waals surface area contributed by atoms with Gasteiger partial charge in [-0.05, 0) is 30.7 Å². The molecule has 6 nitrogen and oxygen atoms in total. The number of rotatable bonds is 7. The van der Waals surface area contributed by atoms with Gasteiger partial charge in [0.05, 0.1) is 0 Å². The van der Waals surface area contributed by atoms with Crippen molar-refractivity contribution in [2.24, 2.45) is 0 Å². The van der Waals surface area contributed by atoms with Crippen molar-refractivity contribution in [2.75, 3.05) is 6.54 Å². The van der Waals surface area contributed by atoms with Crippen LogP contribution >= 0.6 is 0 Å². The van der Waals surface area contributed by atoms with Crippen molar-refractivity contribution in [3.63, 3.8) is 0 Å². The van der Waals surface area contributed by atoms with Gasteiger partial charge in [0.25, 0.3) is 11.8 Å².